The van der Waals surface area contributed by atoms with Gasteiger partial charge in [-0.3, -0.25) is 0 Å². The van der Waals surface area contributed by atoms with Gasteiger partial charge in [-0.2, -0.15) is 13.2 Å². The standard InChI is InChI=1S/C17H18F3N3O/c18-17(19,20)14-4-3-9-22-16(14)23-10-6-13(7-11-23)12-24-15-5-1-2-8-21-15/h1-5,8-9,13H,6-7,10-12H2. The lowest BCUT2D eigenvalue weighted by Crippen LogP contribution is -2.37. The van der Waals surface area contributed by atoms with Crippen LogP contribution in [0.4, 0.5) is 19.0 Å². The van der Waals surface area contributed by atoms with Gasteiger partial charge in [-0.1, -0.05) is 6.07 Å². The largest absolute Gasteiger partial charge is 0.477 e. The molecule has 24 heavy (non-hydrogen) atoms. The van der Waals surface area contributed by atoms with Gasteiger partial charge in [0, 0.05) is 31.5 Å². The van der Waals surface area contributed by atoms with Crippen LogP contribution < -0.4 is 9.64 Å². The molecule has 4 nitrogen and oxygen atoms in total. The molecule has 0 spiro atoms. The van der Waals surface area contributed by atoms with Gasteiger partial charge in [-0.15, -0.1) is 0 Å². The first-order valence-corrected chi connectivity index (χ1v) is 7.85. The molecule has 0 atom stereocenters. The van der Waals surface area contributed by atoms with Crippen LogP contribution in [0, 0.1) is 5.92 Å². The minimum absolute atomic E-state index is 0.0223. The van der Waals surface area contributed by atoms with Crippen molar-refractivity contribution < 1.29 is 17.9 Å². The fourth-order valence-electron chi connectivity index (χ4n) is 2.82. The molecular weight excluding hydrogens is 319 g/mol. The molecule has 0 bridgehead atoms. The Morgan fingerprint density at radius 1 is 1.04 bits per heavy atom. The van der Waals surface area contributed by atoms with E-state index < -0.39 is 11.7 Å². The number of alkyl halides is 3. The van der Waals surface area contributed by atoms with Crippen LogP contribution in [0.25, 0.3) is 0 Å². The van der Waals surface area contributed by atoms with Crippen LogP contribution >= 0.6 is 0 Å². The number of aromatic nitrogens is 2. The molecule has 1 saturated heterocycles. The number of hydrogen-bond donors (Lipinski definition) is 0. The van der Waals surface area contributed by atoms with E-state index in [9.17, 15) is 13.2 Å². The highest BCUT2D eigenvalue weighted by atomic mass is 19.4. The van der Waals surface area contributed by atoms with Crippen molar-refractivity contribution in [1.29, 1.82) is 0 Å². The zero-order valence-corrected chi connectivity index (χ0v) is 13.0. The van der Waals surface area contributed by atoms with Gasteiger partial charge in [0.15, 0.2) is 0 Å². The summed E-state index contributed by atoms with van der Waals surface area (Å²) in [5.41, 5.74) is -0.673. The van der Waals surface area contributed by atoms with E-state index in [0.29, 0.717) is 31.5 Å². The molecule has 0 aromatic carbocycles. The second-order valence-electron chi connectivity index (χ2n) is 5.78. The molecule has 1 aliphatic heterocycles. The summed E-state index contributed by atoms with van der Waals surface area (Å²) in [5, 5.41) is 0. The lowest BCUT2D eigenvalue weighted by Gasteiger charge is -2.33. The topological polar surface area (TPSA) is 38.2 Å². The number of anilines is 1. The van der Waals surface area contributed by atoms with Crippen LogP contribution in [-0.2, 0) is 6.18 Å². The molecule has 128 valence electrons. The maximum absolute atomic E-state index is 13.1. The first-order chi connectivity index (χ1) is 11.5. The van der Waals surface area contributed by atoms with E-state index in [-0.39, 0.29) is 5.82 Å². The quantitative estimate of drug-likeness (QED) is 0.851. The molecule has 0 N–H and O–H groups in total. The first kappa shape index (κ1) is 16.5. The average Bonchev–Trinajstić information content (AvgIpc) is 2.61. The Bertz CT molecular complexity index is 656. The van der Waals surface area contributed by atoms with Crippen molar-refractivity contribution in [3.05, 3.63) is 48.3 Å². The lowest BCUT2D eigenvalue weighted by atomic mass is 9.97. The summed E-state index contributed by atoms with van der Waals surface area (Å²) in [6, 6.07) is 7.86. The third-order valence-electron chi connectivity index (χ3n) is 4.11. The Balaban J connectivity index is 1.58. The molecule has 1 aliphatic rings. The molecule has 3 heterocycles. The summed E-state index contributed by atoms with van der Waals surface area (Å²) in [4.78, 5) is 9.76. The van der Waals surface area contributed by atoms with Gasteiger partial charge < -0.3 is 9.64 Å². The van der Waals surface area contributed by atoms with E-state index in [1.54, 1.807) is 17.2 Å². The van der Waals surface area contributed by atoms with E-state index >= 15 is 0 Å². The van der Waals surface area contributed by atoms with Crippen LogP contribution in [0.15, 0.2) is 42.7 Å². The van der Waals surface area contributed by atoms with E-state index in [1.807, 2.05) is 12.1 Å². The first-order valence-electron chi connectivity index (χ1n) is 7.85. The Kier molecular flexibility index (Phi) is 4.87. The third-order valence-corrected chi connectivity index (χ3v) is 4.11. The summed E-state index contributed by atoms with van der Waals surface area (Å²) < 4.78 is 44.9. The highest BCUT2D eigenvalue weighted by molar-refractivity contribution is 5.48. The number of piperidine rings is 1. The summed E-state index contributed by atoms with van der Waals surface area (Å²) in [7, 11) is 0. The monoisotopic (exact) mass is 337 g/mol. The van der Waals surface area contributed by atoms with Crippen molar-refractivity contribution in [1.82, 2.24) is 9.97 Å². The molecule has 0 aliphatic carbocycles. The van der Waals surface area contributed by atoms with Crippen molar-refractivity contribution in [2.45, 2.75) is 19.0 Å². The van der Waals surface area contributed by atoms with Crippen molar-refractivity contribution in [2.75, 3.05) is 24.6 Å². The highest BCUT2D eigenvalue weighted by Gasteiger charge is 2.36. The third kappa shape index (κ3) is 3.96. The minimum atomic E-state index is -4.39. The minimum Gasteiger partial charge on any atom is -0.477 e. The Labute approximate surface area is 138 Å². The van der Waals surface area contributed by atoms with Crippen molar-refractivity contribution >= 4 is 5.82 Å². The molecule has 0 saturated carbocycles. The molecule has 1 fully saturated rings. The van der Waals surface area contributed by atoms with E-state index in [4.69, 9.17) is 4.74 Å². The normalized spacial score (nSPS) is 16.2. The van der Waals surface area contributed by atoms with Crippen LogP contribution in [0.3, 0.4) is 0 Å². The average molecular weight is 337 g/mol. The second kappa shape index (κ2) is 7.07. The molecule has 0 radical (unpaired) electrons. The predicted octanol–water partition coefficient (Wildman–Crippen LogP) is 3.79. The maximum atomic E-state index is 13.1. The Morgan fingerprint density at radius 2 is 1.79 bits per heavy atom. The summed E-state index contributed by atoms with van der Waals surface area (Å²) in [6.07, 6.45) is 0.211. The zero-order chi connectivity index (χ0) is 17.0. The number of ether oxygens (including phenoxy) is 1. The lowest BCUT2D eigenvalue weighted by molar-refractivity contribution is -0.137. The van der Waals surface area contributed by atoms with Gasteiger partial charge in [0.05, 0.1) is 12.2 Å². The Hall–Kier alpha value is -2.31. The summed E-state index contributed by atoms with van der Waals surface area (Å²) in [5.74, 6) is 0.902. The van der Waals surface area contributed by atoms with Gasteiger partial charge in [0.2, 0.25) is 5.88 Å². The molecule has 3 rings (SSSR count). The summed E-state index contributed by atoms with van der Waals surface area (Å²) >= 11 is 0. The number of halogens is 3. The van der Waals surface area contributed by atoms with Crippen molar-refractivity contribution in [3.63, 3.8) is 0 Å². The van der Waals surface area contributed by atoms with E-state index in [0.717, 1.165) is 18.9 Å². The summed E-state index contributed by atoms with van der Waals surface area (Å²) in [6.45, 7) is 1.60. The maximum Gasteiger partial charge on any atom is 0.419 e. The molecule has 7 heteroatoms. The van der Waals surface area contributed by atoms with E-state index in [1.165, 1.54) is 12.3 Å². The van der Waals surface area contributed by atoms with Gasteiger partial charge in [0.25, 0.3) is 0 Å². The van der Waals surface area contributed by atoms with Crippen molar-refractivity contribution in [2.24, 2.45) is 5.92 Å². The number of hydrogen-bond acceptors (Lipinski definition) is 4. The molecule has 2 aromatic rings. The second-order valence-corrected chi connectivity index (χ2v) is 5.78. The zero-order valence-electron chi connectivity index (χ0n) is 13.0. The number of rotatable bonds is 4. The molecule has 0 amide bonds. The van der Waals surface area contributed by atoms with Gasteiger partial charge in [-0.25, -0.2) is 9.97 Å². The van der Waals surface area contributed by atoms with Crippen molar-refractivity contribution in [3.8, 4) is 5.88 Å². The highest BCUT2D eigenvalue weighted by Crippen LogP contribution is 2.36. The van der Waals surface area contributed by atoms with Gasteiger partial charge in [0.1, 0.15) is 5.82 Å². The molecule has 0 unspecified atom stereocenters. The Morgan fingerprint density at radius 3 is 2.46 bits per heavy atom. The molecule has 2 aromatic heterocycles. The van der Waals surface area contributed by atoms with Gasteiger partial charge in [-0.05, 0) is 37.0 Å². The predicted molar refractivity (Wildman–Crippen MR) is 83.9 cm³/mol. The number of nitrogens with zero attached hydrogens (tertiary/aromatic N) is 3. The fourth-order valence-corrected chi connectivity index (χ4v) is 2.82. The van der Waals surface area contributed by atoms with Crippen LogP contribution in [0.1, 0.15) is 18.4 Å². The van der Waals surface area contributed by atoms with Crippen LogP contribution in [0.2, 0.25) is 0 Å². The SMILES string of the molecule is FC(F)(F)c1cccnc1N1CCC(COc2ccccn2)CC1. The fraction of sp³-hybridized carbons (Fsp3) is 0.412. The van der Waals surface area contributed by atoms with Crippen LogP contribution in [-0.4, -0.2) is 29.7 Å². The smallest absolute Gasteiger partial charge is 0.419 e. The van der Waals surface area contributed by atoms with E-state index in [2.05, 4.69) is 9.97 Å². The number of pyridine rings is 2. The van der Waals surface area contributed by atoms with Crippen LogP contribution in [0.5, 0.6) is 5.88 Å². The molecular formula is C17H18F3N3O. The van der Waals surface area contributed by atoms with Gasteiger partial charge >= 0.3 is 6.18 Å².